The molecule has 23 heavy (non-hydrogen) atoms. The van der Waals surface area contributed by atoms with E-state index in [2.05, 4.69) is 5.32 Å². The summed E-state index contributed by atoms with van der Waals surface area (Å²) in [5.41, 5.74) is 0.563. The highest BCUT2D eigenvalue weighted by molar-refractivity contribution is 5.89. The summed E-state index contributed by atoms with van der Waals surface area (Å²) in [4.78, 5) is 24.3. The van der Waals surface area contributed by atoms with Gasteiger partial charge < -0.3 is 24.8 Å². The van der Waals surface area contributed by atoms with Crippen molar-refractivity contribution >= 4 is 17.7 Å². The Morgan fingerprint density at radius 2 is 2.00 bits per heavy atom. The number of carbonyl (C=O) groups excluding carboxylic acids is 1. The van der Waals surface area contributed by atoms with E-state index in [1.165, 1.54) is 4.90 Å². The largest absolute Gasteiger partial charge is 0.481 e. The van der Waals surface area contributed by atoms with E-state index >= 15 is 0 Å². The molecule has 0 saturated carbocycles. The zero-order valence-electron chi connectivity index (χ0n) is 13.8. The maximum absolute atomic E-state index is 12.1. The number of nitrogens with zero attached hydrogens (tertiary/aromatic N) is 1. The number of carboxylic acid groups (broad SMARTS) is 1. The zero-order chi connectivity index (χ0) is 17.2. The lowest BCUT2D eigenvalue weighted by Gasteiger charge is -2.20. The molecule has 1 aromatic rings. The average molecular weight is 322 g/mol. The molecule has 2 amide bonds. The number of carboxylic acids is 1. The second-order valence-electron chi connectivity index (χ2n) is 5.90. The van der Waals surface area contributed by atoms with Gasteiger partial charge in [0.25, 0.3) is 0 Å². The fourth-order valence-electron chi connectivity index (χ4n) is 2.17. The number of hydrogen-bond donors (Lipinski definition) is 2. The number of benzene rings is 1. The molecule has 0 radical (unpaired) electrons. The van der Waals surface area contributed by atoms with Crippen molar-refractivity contribution in [3.8, 4) is 11.5 Å². The zero-order valence-corrected chi connectivity index (χ0v) is 13.8. The number of rotatable bonds is 5. The van der Waals surface area contributed by atoms with Gasteiger partial charge in [-0.25, -0.2) is 4.79 Å². The van der Waals surface area contributed by atoms with Gasteiger partial charge in [0.05, 0.1) is 5.92 Å². The molecule has 2 rings (SSSR count). The van der Waals surface area contributed by atoms with Crippen LogP contribution in [-0.4, -0.2) is 41.4 Å². The van der Waals surface area contributed by atoms with Crippen molar-refractivity contribution in [3.05, 3.63) is 18.2 Å². The molecule has 2 unspecified atom stereocenters. The molecular weight excluding hydrogens is 300 g/mol. The van der Waals surface area contributed by atoms with Crippen LogP contribution in [0.3, 0.4) is 0 Å². The highest BCUT2D eigenvalue weighted by Gasteiger charge is 2.35. The number of fused-ring (bicyclic) bond motifs is 1. The van der Waals surface area contributed by atoms with Crippen LogP contribution < -0.4 is 14.8 Å². The van der Waals surface area contributed by atoms with E-state index in [0.717, 1.165) is 0 Å². The summed E-state index contributed by atoms with van der Waals surface area (Å²) in [5, 5.41) is 11.6. The van der Waals surface area contributed by atoms with Gasteiger partial charge >= 0.3 is 12.0 Å². The van der Waals surface area contributed by atoms with Gasteiger partial charge in [0, 0.05) is 38.7 Å². The van der Waals surface area contributed by atoms with Crippen molar-refractivity contribution in [3.63, 3.8) is 0 Å². The van der Waals surface area contributed by atoms with E-state index in [4.69, 9.17) is 14.6 Å². The van der Waals surface area contributed by atoms with E-state index < -0.39 is 17.7 Å². The van der Waals surface area contributed by atoms with Gasteiger partial charge in [0.15, 0.2) is 11.5 Å². The Morgan fingerprint density at radius 1 is 1.35 bits per heavy atom. The molecule has 1 aliphatic rings. The Labute approximate surface area is 135 Å². The Hall–Kier alpha value is -2.44. The maximum atomic E-state index is 12.1. The normalized spacial score (nSPS) is 20.0. The molecule has 0 spiro atoms. The first-order valence-corrected chi connectivity index (χ1v) is 7.51. The van der Waals surface area contributed by atoms with Crippen molar-refractivity contribution in [1.29, 1.82) is 0 Å². The SMILES string of the molecule is CCC1(C)Oc2ccc(NC(=O)N(C)CC(C)C(=O)O)cc2O1. The monoisotopic (exact) mass is 322 g/mol. The molecule has 1 aromatic carbocycles. The van der Waals surface area contributed by atoms with Crippen LogP contribution in [0.15, 0.2) is 18.2 Å². The molecule has 2 atom stereocenters. The summed E-state index contributed by atoms with van der Waals surface area (Å²) in [6.45, 7) is 5.50. The lowest BCUT2D eigenvalue weighted by atomic mass is 10.2. The van der Waals surface area contributed by atoms with Gasteiger partial charge in [-0.1, -0.05) is 13.8 Å². The number of hydrogen-bond acceptors (Lipinski definition) is 4. The summed E-state index contributed by atoms with van der Waals surface area (Å²) in [6.07, 6.45) is 0.694. The molecule has 0 saturated heterocycles. The fourth-order valence-corrected chi connectivity index (χ4v) is 2.17. The molecule has 2 N–H and O–H groups in total. The molecule has 7 heteroatoms. The Kier molecular flexibility index (Phi) is 4.68. The molecule has 1 heterocycles. The minimum Gasteiger partial charge on any atom is -0.481 e. The number of aliphatic carboxylic acids is 1. The van der Waals surface area contributed by atoms with Crippen molar-refractivity contribution in [1.82, 2.24) is 4.90 Å². The first-order valence-electron chi connectivity index (χ1n) is 7.51. The Morgan fingerprint density at radius 3 is 2.61 bits per heavy atom. The highest BCUT2D eigenvalue weighted by Crippen LogP contribution is 2.42. The van der Waals surface area contributed by atoms with E-state index in [9.17, 15) is 9.59 Å². The lowest BCUT2D eigenvalue weighted by molar-refractivity contribution is -0.141. The Balaban J connectivity index is 2.01. The van der Waals surface area contributed by atoms with Crippen LogP contribution in [0.5, 0.6) is 11.5 Å². The molecule has 0 aromatic heterocycles. The quantitative estimate of drug-likeness (QED) is 0.870. The van der Waals surface area contributed by atoms with Crippen molar-refractivity contribution < 1.29 is 24.2 Å². The van der Waals surface area contributed by atoms with Gasteiger partial charge in [0.1, 0.15) is 0 Å². The van der Waals surface area contributed by atoms with Gasteiger partial charge in [-0.3, -0.25) is 4.79 Å². The lowest BCUT2D eigenvalue weighted by Crippen LogP contribution is -2.36. The molecule has 0 bridgehead atoms. The standard InChI is InChI=1S/C16H22N2O5/c1-5-16(3)22-12-7-6-11(8-13(12)23-16)17-15(21)18(4)9-10(2)14(19)20/h6-8,10H,5,9H2,1-4H3,(H,17,21)(H,19,20). The summed E-state index contributed by atoms with van der Waals surface area (Å²) < 4.78 is 11.5. The molecule has 7 nitrogen and oxygen atoms in total. The first-order chi connectivity index (χ1) is 10.7. The average Bonchev–Trinajstić information content (AvgIpc) is 2.83. The van der Waals surface area contributed by atoms with E-state index in [1.54, 1.807) is 32.2 Å². The van der Waals surface area contributed by atoms with Crippen molar-refractivity contribution in [2.45, 2.75) is 33.0 Å². The number of urea groups is 1. The van der Waals surface area contributed by atoms with Gasteiger partial charge in [-0.05, 0) is 12.1 Å². The number of amides is 2. The second-order valence-corrected chi connectivity index (χ2v) is 5.90. The van der Waals surface area contributed by atoms with Gasteiger partial charge in [0.2, 0.25) is 5.79 Å². The smallest absolute Gasteiger partial charge is 0.321 e. The molecule has 126 valence electrons. The summed E-state index contributed by atoms with van der Waals surface area (Å²) in [5.74, 6) is -1.04. The van der Waals surface area contributed by atoms with Gasteiger partial charge in [-0.15, -0.1) is 0 Å². The summed E-state index contributed by atoms with van der Waals surface area (Å²) in [7, 11) is 1.55. The van der Waals surface area contributed by atoms with E-state index in [-0.39, 0.29) is 12.6 Å². The number of ether oxygens (including phenoxy) is 2. The van der Waals surface area contributed by atoms with Crippen molar-refractivity contribution in [2.24, 2.45) is 5.92 Å². The molecular formula is C16H22N2O5. The van der Waals surface area contributed by atoms with Crippen LogP contribution in [0.4, 0.5) is 10.5 Å². The maximum Gasteiger partial charge on any atom is 0.321 e. The first kappa shape index (κ1) is 16.9. The fraction of sp³-hybridized carbons (Fsp3) is 0.500. The number of nitrogens with one attached hydrogen (secondary N) is 1. The third kappa shape index (κ3) is 3.85. The minimum absolute atomic E-state index is 0.125. The number of anilines is 1. The third-order valence-electron chi connectivity index (χ3n) is 3.80. The van der Waals surface area contributed by atoms with Crippen LogP contribution >= 0.6 is 0 Å². The highest BCUT2D eigenvalue weighted by atomic mass is 16.7. The summed E-state index contributed by atoms with van der Waals surface area (Å²) >= 11 is 0. The minimum atomic E-state index is -0.938. The summed E-state index contributed by atoms with van der Waals surface area (Å²) in [6, 6.07) is 4.78. The predicted molar refractivity (Wildman–Crippen MR) is 84.8 cm³/mol. The van der Waals surface area contributed by atoms with Crippen LogP contribution in [0.1, 0.15) is 27.2 Å². The predicted octanol–water partition coefficient (Wildman–Crippen LogP) is 2.77. The van der Waals surface area contributed by atoms with Crippen LogP contribution in [0.2, 0.25) is 0 Å². The Bertz CT molecular complexity index is 618. The topological polar surface area (TPSA) is 88.1 Å². The van der Waals surface area contributed by atoms with Crippen LogP contribution in [0, 0.1) is 5.92 Å². The van der Waals surface area contributed by atoms with Gasteiger partial charge in [-0.2, -0.15) is 0 Å². The van der Waals surface area contributed by atoms with Crippen LogP contribution in [0.25, 0.3) is 0 Å². The number of carbonyl (C=O) groups is 2. The van der Waals surface area contributed by atoms with Crippen molar-refractivity contribution in [2.75, 3.05) is 18.9 Å². The third-order valence-corrected chi connectivity index (χ3v) is 3.80. The van der Waals surface area contributed by atoms with E-state index in [1.807, 2.05) is 13.8 Å². The molecule has 0 aliphatic carbocycles. The molecule has 1 aliphatic heterocycles. The molecule has 0 fully saturated rings. The second kappa shape index (κ2) is 6.36. The van der Waals surface area contributed by atoms with E-state index in [0.29, 0.717) is 23.6 Å². The van der Waals surface area contributed by atoms with Crippen LogP contribution in [-0.2, 0) is 4.79 Å².